The molecule has 5 nitrogen and oxygen atoms in total. The van der Waals surface area contributed by atoms with Crippen LogP contribution in [0.25, 0.3) is 0 Å². The van der Waals surface area contributed by atoms with Crippen LogP contribution < -0.4 is 10.5 Å². The number of aromatic nitrogens is 1. The Morgan fingerprint density at radius 3 is 2.56 bits per heavy atom. The highest BCUT2D eigenvalue weighted by Crippen LogP contribution is 2.38. The first-order valence-corrected chi connectivity index (χ1v) is 8.90. The summed E-state index contributed by atoms with van der Waals surface area (Å²) < 4.78 is 6.18. The highest BCUT2D eigenvalue weighted by atomic mass is 16.5. The Bertz CT molecular complexity index is 736. The molecule has 1 aromatic carbocycles. The van der Waals surface area contributed by atoms with Crippen molar-refractivity contribution in [2.24, 2.45) is 5.73 Å². The Hall–Kier alpha value is -2.40. The molecule has 130 valence electrons. The second-order valence-corrected chi connectivity index (χ2v) is 7.02. The van der Waals surface area contributed by atoms with Crippen LogP contribution in [0.1, 0.15) is 41.6 Å². The van der Waals surface area contributed by atoms with Crippen LogP contribution in [0.15, 0.2) is 48.8 Å². The van der Waals surface area contributed by atoms with Crippen LogP contribution in [0.3, 0.4) is 0 Å². The fourth-order valence-electron chi connectivity index (χ4n) is 4.19. The normalized spacial score (nSPS) is 25.7. The number of amides is 1. The number of ether oxygens (including phenoxy) is 1. The van der Waals surface area contributed by atoms with E-state index in [9.17, 15) is 4.79 Å². The molecule has 0 spiro atoms. The van der Waals surface area contributed by atoms with Gasteiger partial charge >= 0.3 is 0 Å². The molecule has 1 unspecified atom stereocenters. The monoisotopic (exact) mass is 337 g/mol. The molecule has 0 saturated carbocycles. The maximum atomic E-state index is 11.3. The van der Waals surface area contributed by atoms with Gasteiger partial charge in [0.2, 0.25) is 5.91 Å². The van der Waals surface area contributed by atoms with Gasteiger partial charge in [-0.1, -0.05) is 6.07 Å². The third kappa shape index (κ3) is 3.51. The van der Waals surface area contributed by atoms with Crippen LogP contribution in [0.5, 0.6) is 5.75 Å². The lowest BCUT2D eigenvalue weighted by Gasteiger charge is -2.39. The van der Waals surface area contributed by atoms with Gasteiger partial charge in [0.1, 0.15) is 11.9 Å². The minimum atomic E-state index is -0.419. The number of hydrogen-bond acceptors (Lipinski definition) is 4. The lowest BCUT2D eigenvalue weighted by Crippen LogP contribution is -2.45. The highest BCUT2D eigenvalue weighted by Gasteiger charge is 2.41. The maximum absolute atomic E-state index is 11.3. The summed E-state index contributed by atoms with van der Waals surface area (Å²) in [5, 5.41) is 0. The van der Waals surface area contributed by atoms with E-state index < -0.39 is 5.91 Å². The van der Waals surface area contributed by atoms with Crippen molar-refractivity contribution in [3.8, 4) is 5.75 Å². The van der Waals surface area contributed by atoms with Gasteiger partial charge in [-0.2, -0.15) is 0 Å². The number of nitrogens with zero attached hydrogens (tertiary/aromatic N) is 2. The molecule has 3 heterocycles. The molecule has 2 saturated heterocycles. The first-order valence-electron chi connectivity index (χ1n) is 8.90. The van der Waals surface area contributed by atoms with Crippen molar-refractivity contribution in [2.75, 3.05) is 0 Å². The van der Waals surface area contributed by atoms with Gasteiger partial charge in [0.25, 0.3) is 0 Å². The van der Waals surface area contributed by atoms with Crippen LogP contribution in [0.4, 0.5) is 0 Å². The van der Waals surface area contributed by atoms with Crippen LogP contribution in [-0.2, 0) is 6.54 Å². The van der Waals surface area contributed by atoms with Gasteiger partial charge in [-0.15, -0.1) is 0 Å². The molecular weight excluding hydrogens is 314 g/mol. The number of hydrogen-bond donors (Lipinski definition) is 1. The lowest BCUT2D eigenvalue weighted by atomic mass is 9.98. The SMILES string of the molecule is NC(=O)c1cccc(OC2C[C@H]3CC[C@@H](C2)N3Cc2ccncc2)c1. The van der Waals surface area contributed by atoms with Crippen molar-refractivity contribution in [2.45, 2.75) is 50.4 Å². The highest BCUT2D eigenvalue weighted by molar-refractivity contribution is 5.93. The van der Waals surface area contributed by atoms with Crippen molar-refractivity contribution >= 4 is 5.91 Å². The van der Waals surface area contributed by atoms with Gasteiger partial charge in [-0.3, -0.25) is 14.7 Å². The molecule has 2 aliphatic heterocycles. The molecule has 2 bridgehead atoms. The van der Waals surface area contributed by atoms with Crippen LogP contribution in [0.2, 0.25) is 0 Å². The summed E-state index contributed by atoms with van der Waals surface area (Å²) in [7, 11) is 0. The van der Waals surface area contributed by atoms with Crippen LogP contribution in [-0.4, -0.2) is 34.0 Å². The number of primary amides is 1. The van der Waals surface area contributed by atoms with E-state index in [4.69, 9.17) is 10.5 Å². The number of carbonyl (C=O) groups excluding carboxylic acids is 1. The summed E-state index contributed by atoms with van der Waals surface area (Å²) in [4.78, 5) is 18.1. The van der Waals surface area contributed by atoms with Crippen molar-refractivity contribution in [1.29, 1.82) is 0 Å². The molecule has 2 fully saturated rings. The third-order valence-electron chi connectivity index (χ3n) is 5.38. The Morgan fingerprint density at radius 1 is 1.16 bits per heavy atom. The Balaban J connectivity index is 1.41. The Kier molecular flexibility index (Phi) is 4.40. The van der Waals surface area contributed by atoms with Gasteiger partial charge in [0, 0.05) is 36.6 Å². The molecule has 5 heteroatoms. The lowest BCUT2D eigenvalue weighted by molar-refractivity contribution is 0.0444. The smallest absolute Gasteiger partial charge is 0.248 e. The topological polar surface area (TPSA) is 68.5 Å². The zero-order chi connectivity index (χ0) is 17.2. The number of piperidine rings is 1. The number of rotatable bonds is 5. The number of pyridine rings is 1. The average Bonchev–Trinajstić information content (AvgIpc) is 2.85. The Morgan fingerprint density at radius 2 is 1.88 bits per heavy atom. The molecule has 0 radical (unpaired) electrons. The zero-order valence-electron chi connectivity index (χ0n) is 14.2. The van der Waals surface area contributed by atoms with E-state index in [1.165, 1.54) is 18.4 Å². The van der Waals surface area contributed by atoms with Crippen molar-refractivity contribution in [3.63, 3.8) is 0 Å². The molecule has 1 amide bonds. The van der Waals surface area contributed by atoms with Gasteiger partial charge in [-0.25, -0.2) is 0 Å². The van der Waals surface area contributed by atoms with E-state index in [1.807, 2.05) is 24.5 Å². The molecule has 25 heavy (non-hydrogen) atoms. The number of nitrogens with two attached hydrogens (primary N) is 1. The van der Waals surface area contributed by atoms with E-state index in [0.29, 0.717) is 17.6 Å². The molecule has 2 aliphatic rings. The predicted molar refractivity (Wildman–Crippen MR) is 95.2 cm³/mol. The van der Waals surface area contributed by atoms with E-state index in [1.54, 1.807) is 12.1 Å². The summed E-state index contributed by atoms with van der Waals surface area (Å²) >= 11 is 0. The van der Waals surface area contributed by atoms with Gasteiger partial charge in [0.15, 0.2) is 0 Å². The number of benzene rings is 1. The fourth-order valence-corrected chi connectivity index (χ4v) is 4.19. The van der Waals surface area contributed by atoms with E-state index in [2.05, 4.69) is 22.0 Å². The first-order chi connectivity index (χ1) is 12.2. The fraction of sp³-hybridized carbons (Fsp3) is 0.400. The maximum Gasteiger partial charge on any atom is 0.248 e. The summed E-state index contributed by atoms with van der Waals surface area (Å²) in [6.07, 6.45) is 8.45. The first kappa shape index (κ1) is 16.1. The second kappa shape index (κ2) is 6.84. The zero-order valence-corrected chi connectivity index (χ0v) is 14.2. The minimum Gasteiger partial charge on any atom is -0.490 e. The Labute approximate surface area is 147 Å². The van der Waals surface area contributed by atoms with Crippen molar-refractivity contribution in [3.05, 3.63) is 59.9 Å². The van der Waals surface area contributed by atoms with Gasteiger partial charge < -0.3 is 10.5 Å². The van der Waals surface area contributed by atoms with Crippen molar-refractivity contribution in [1.82, 2.24) is 9.88 Å². The number of fused-ring (bicyclic) bond motifs is 2. The molecule has 2 N–H and O–H groups in total. The molecular formula is C20H23N3O2. The standard InChI is InChI=1S/C20H23N3O2/c21-20(24)15-2-1-3-18(10-15)25-19-11-16-4-5-17(12-19)23(16)13-14-6-8-22-9-7-14/h1-3,6-10,16-17,19H,4-5,11-13H2,(H2,21,24)/t16-,17+,19?. The summed E-state index contributed by atoms with van der Waals surface area (Å²) in [6, 6.07) is 12.5. The molecule has 0 aliphatic carbocycles. The molecule has 3 atom stereocenters. The second-order valence-electron chi connectivity index (χ2n) is 7.02. The van der Waals surface area contributed by atoms with Crippen LogP contribution >= 0.6 is 0 Å². The molecule has 2 aromatic rings. The summed E-state index contributed by atoms with van der Waals surface area (Å²) in [5.74, 6) is 0.320. The van der Waals surface area contributed by atoms with Gasteiger partial charge in [-0.05, 0) is 61.6 Å². The minimum absolute atomic E-state index is 0.203. The largest absolute Gasteiger partial charge is 0.490 e. The summed E-state index contributed by atoms with van der Waals surface area (Å²) in [6.45, 7) is 0.988. The van der Waals surface area contributed by atoms with E-state index >= 15 is 0 Å². The predicted octanol–water partition coefficient (Wildman–Crippen LogP) is 2.75. The van der Waals surface area contributed by atoms with Gasteiger partial charge in [0.05, 0.1) is 0 Å². The third-order valence-corrected chi connectivity index (χ3v) is 5.38. The van der Waals surface area contributed by atoms with Crippen molar-refractivity contribution < 1.29 is 9.53 Å². The quantitative estimate of drug-likeness (QED) is 0.911. The van der Waals surface area contributed by atoms with E-state index in [-0.39, 0.29) is 6.10 Å². The average molecular weight is 337 g/mol. The number of carbonyl (C=O) groups is 1. The summed E-state index contributed by atoms with van der Waals surface area (Å²) in [5.41, 5.74) is 7.17. The molecule has 4 rings (SSSR count). The van der Waals surface area contributed by atoms with E-state index in [0.717, 1.165) is 25.1 Å². The molecule has 1 aromatic heterocycles. The van der Waals surface area contributed by atoms with Crippen LogP contribution in [0, 0.1) is 0 Å².